The number of benzene rings is 1. The summed E-state index contributed by atoms with van der Waals surface area (Å²) in [4.78, 5) is 53.4. The second kappa shape index (κ2) is 9.60. The van der Waals surface area contributed by atoms with Gasteiger partial charge in [0.25, 0.3) is 5.91 Å². The van der Waals surface area contributed by atoms with Gasteiger partial charge in [-0.1, -0.05) is 6.07 Å². The lowest BCUT2D eigenvalue weighted by molar-refractivity contribution is -0.117. The van der Waals surface area contributed by atoms with Crippen molar-refractivity contribution in [2.45, 2.75) is 51.5 Å². The molecule has 4 aliphatic rings. The predicted octanol–water partition coefficient (Wildman–Crippen LogP) is 3.62. The molecule has 2 aromatic rings. The Labute approximate surface area is 224 Å². The van der Waals surface area contributed by atoms with Crippen LogP contribution in [-0.2, 0) is 4.79 Å². The van der Waals surface area contributed by atoms with Gasteiger partial charge >= 0.3 is 6.03 Å². The van der Waals surface area contributed by atoms with E-state index in [0.29, 0.717) is 62.9 Å². The third-order valence-corrected chi connectivity index (χ3v) is 8.47. The summed E-state index contributed by atoms with van der Waals surface area (Å²) >= 11 is 0. The smallest absolute Gasteiger partial charge is 0.324 e. The standard InChI is InChI=1S/C29H36N6O3/c1-19-16-22(21-5-6-21)18-30-27(19)32-11-13-33(14-12-32)28(37)24-8-7-23(35-20(2)4-9-26(35)36)17-25(24)34-15-10-31(3)29(34)38/h7-8,16-18,20-21H,4-6,9-15H2,1-3H3. The second-order valence-corrected chi connectivity index (χ2v) is 11.2. The van der Waals surface area contributed by atoms with Gasteiger partial charge in [0.2, 0.25) is 5.91 Å². The number of piperazine rings is 1. The van der Waals surface area contributed by atoms with E-state index in [-0.39, 0.29) is 23.9 Å². The van der Waals surface area contributed by atoms with Gasteiger partial charge in [-0.05, 0) is 68.4 Å². The third kappa shape index (κ3) is 4.37. The molecule has 3 saturated heterocycles. The number of rotatable bonds is 5. The van der Waals surface area contributed by atoms with Crippen LogP contribution < -0.4 is 14.7 Å². The van der Waals surface area contributed by atoms with Crippen molar-refractivity contribution < 1.29 is 14.4 Å². The minimum Gasteiger partial charge on any atom is -0.353 e. The lowest BCUT2D eigenvalue weighted by Crippen LogP contribution is -2.49. The van der Waals surface area contributed by atoms with Gasteiger partial charge < -0.3 is 19.6 Å². The number of amides is 4. The molecular formula is C29H36N6O3. The van der Waals surface area contributed by atoms with E-state index in [9.17, 15) is 14.4 Å². The number of carbonyl (C=O) groups excluding carboxylic acids is 3. The van der Waals surface area contributed by atoms with Gasteiger partial charge in [-0.15, -0.1) is 0 Å². The molecule has 38 heavy (non-hydrogen) atoms. The van der Waals surface area contributed by atoms with Crippen molar-refractivity contribution in [3.05, 3.63) is 47.2 Å². The van der Waals surface area contributed by atoms with Crippen LogP contribution >= 0.6 is 0 Å². The number of pyridine rings is 1. The Bertz CT molecular complexity index is 1280. The molecule has 4 fully saturated rings. The van der Waals surface area contributed by atoms with Crippen molar-refractivity contribution in [3.8, 4) is 0 Å². The largest absolute Gasteiger partial charge is 0.353 e. The highest BCUT2D eigenvalue weighted by molar-refractivity contribution is 6.07. The highest BCUT2D eigenvalue weighted by atomic mass is 16.2. The van der Waals surface area contributed by atoms with Gasteiger partial charge in [-0.25, -0.2) is 9.78 Å². The van der Waals surface area contributed by atoms with E-state index >= 15 is 0 Å². The van der Waals surface area contributed by atoms with Gasteiger partial charge in [-0.2, -0.15) is 0 Å². The maximum absolute atomic E-state index is 13.8. The topological polar surface area (TPSA) is 80.3 Å². The van der Waals surface area contributed by atoms with E-state index in [1.165, 1.54) is 24.0 Å². The average Bonchev–Trinajstić information content (AvgIpc) is 3.65. The zero-order valence-electron chi connectivity index (χ0n) is 22.5. The van der Waals surface area contributed by atoms with Crippen LogP contribution in [0.25, 0.3) is 0 Å². The van der Waals surface area contributed by atoms with Crippen molar-refractivity contribution in [1.29, 1.82) is 0 Å². The molecule has 6 rings (SSSR count). The van der Waals surface area contributed by atoms with Crippen LogP contribution in [0, 0.1) is 6.92 Å². The van der Waals surface area contributed by atoms with Crippen molar-refractivity contribution in [3.63, 3.8) is 0 Å². The summed E-state index contributed by atoms with van der Waals surface area (Å²) < 4.78 is 0. The van der Waals surface area contributed by atoms with Crippen molar-refractivity contribution in [1.82, 2.24) is 14.8 Å². The van der Waals surface area contributed by atoms with Crippen LogP contribution in [0.3, 0.4) is 0 Å². The van der Waals surface area contributed by atoms with E-state index in [1.807, 2.05) is 30.2 Å². The fraction of sp³-hybridized carbons (Fsp3) is 0.517. The Kier molecular flexibility index (Phi) is 6.24. The molecule has 0 radical (unpaired) electrons. The number of anilines is 3. The Hall–Kier alpha value is -3.62. The molecule has 4 amide bonds. The molecule has 9 heteroatoms. The number of urea groups is 1. The molecule has 9 nitrogen and oxygen atoms in total. The van der Waals surface area contributed by atoms with Crippen LogP contribution in [0.5, 0.6) is 0 Å². The maximum atomic E-state index is 13.8. The molecule has 1 saturated carbocycles. The first-order valence-electron chi connectivity index (χ1n) is 13.8. The molecule has 4 heterocycles. The average molecular weight is 517 g/mol. The maximum Gasteiger partial charge on any atom is 0.324 e. The minimum absolute atomic E-state index is 0.0805. The van der Waals surface area contributed by atoms with Crippen LogP contribution in [0.2, 0.25) is 0 Å². The molecule has 1 aromatic carbocycles. The number of hydrogen-bond acceptors (Lipinski definition) is 5. The summed E-state index contributed by atoms with van der Waals surface area (Å²) in [6.45, 7) is 7.85. The van der Waals surface area contributed by atoms with E-state index < -0.39 is 0 Å². The Morgan fingerprint density at radius 3 is 2.34 bits per heavy atom. The van der Waals surface area contributed by atoms with Gasteiger partial charge in [0.05, 0.1) is 11.3 Å². The normalized spacial score (nSPS) is 22.2. The molecule has 0 spiro atoms. The van der Waals surface area contributed by atoms with E-state index in [2.05, 4.69) is 17.9 Å². The zero-order valence-corrected chi connectivity index (χ0v) is 22.5. The molecule has 0 N–H and O–H groups in total. The number of nitrogens with zero attached hydrogens (tertiary/aromatic N) is 6. The molecule has 1 unspecified atom stereocenters. The first kappa shape index (κ1) is 24.7. The van der Waals surface area contributed by atoms with E-state index in [1.54, 1.807) is 27.8 Å². The molecule has 1 atom stereocenters. The molecule has 1 aliphatic carbocycles. The first-order valence-corrected chi connectivity index (χ1v) is 13.8. The van der Waals surface area contributed by atoms with Crippen LogP contribution in [0.1, 0.15) is 60.0 Å². The number of likely N-dealkylation sites (N-methyl/N-ethyl adjacent to an activating group) is 1. The summed E-state index contributed by atoms with van der Waals surface area (Å²) in [5, 5.41) is 0. The summed E-state index contributed by atoms with van der Waals surface area (Å²) in [5.74, 6) is 1.68. The number of hydrogen-bond donors (Lipinski definition) is 0. The summed E-state index contributed by atoms with van der Waals surface area (Å²) in [6, 6.07) is 7.74. The van der Waals surface area contributed by atoms with Crippen molar-refractivity contribution >= 4 is 35.0 Å². The van der Waals surface area contributed by atoms with Crippen LogP contribution in [0.15, 0.2) is 30.5 Å². The fourth-order valence-electron chi connectivity index (χ4n) is 6.02. The highest BCUT2D eigenvalue weighted by Gasteiger charge is 2.35. The third-order valence-electron chi connectivity index (χ3n) is 8.47. The van der Waals surface area contributed by atoms with E-state index in [4.69, 9.17) is 4.98 Å². The lowest BCUT2D eigenvalue weighted by atomic mass is 10.1. The Morgan fingerprint density at radius 2 is 1.74 bits per heavy atom. The molecular weight excluding hydrogens is 480 g/mol. The minimum atomic E-state index is -0.127. The highest BCUT2D eigenvalue weighted by Crippen LogP contribution is 2.41. The Balaban J connectivity index is 1.23. The summed E-state index contributed by atoms with van der Waals surface area (Å²) in [7, 11) is 1.77. The Morgan fingerprint density at radius 1 is 0.974 bits per heavy atom. The first-order chi connectivity index (χ1) is 18.3. The summed E-state index contributed by atoms with van der Waals surface area (Å²) in [6.07, 6.45) is 5.86. The van der Waals surface area contributed by atoms with Gasteiger partial charge in [-0.3, -0.25) is 14.5 Å². The molecule has 0 bridgehead atoms. The van der Waals surface area contributed by atoms with Crippen molar-refractivity contribution in [2.75, 3.05) is 61.0 Å². The number of aromatic nitrogens is 1. The fourth-order valence-corrected chi connectivity index (χ4v) is 6.02. The number of aryl methyl sites for hydroxylation is 1. The second-order valence-electron chi connectivity index (χ2n) is 11.2. The monoisotopic (exact) mass is 516 g/mol. The molecule has 3 aliphatic heterocycles. The lowest BCUT2D eigenvalue weighted by Gasteiger charge is -2.36. The van der Waals surface area contributed by atoms with Gasteiger partial charge in [0.15, 0.2) is 0 Å². The van der Waals surface area contributed by atoms with Crippen LogP contribution in [0.4, 0.5) is 22.0 Å². The van der Waals surface area contributed by atoms with E-state index in [0.717, 1.165) is 17.9 Å². The summed E-state index contributed by atoms with van der Waals surface area (Å²) in [5.41, 5.74) is 4.37. The van der Waals surface area contributed by atoms with Gasteiger partial charge in [0.1, 0.15) is 5.82 Å². The van der Waals surface area contributed by atoms with Crippen molar-refractivity contribution in [2.24, 2.45) is 0 Å². The van der Waals surface area contributed by atoms with Gasteiger partial charge in [0, 0.05) is 70.7 Å². The molecule has 1 aromatic heterocycles. The SMILES string of the molecule is Cc1cc(C2CC2)cnc1N1CCN(C(=O)c2ccc(N3C(=O)CCC3C)cc2N2CCN(C)C2=O)CC1. The van der Waals surface area contributed by atoms with Crippen LogP contribution in [-0.4, -0.2) is 85.0 Å². The zero-order chi connectivity index (χ0) is 26.6. The quantitative estimate of drug-likeness (QED) is 0.607. The predicted molar refractivity (Wildman–Crippen MR) is 147 cm³/mol. The number of carbonyl (C=O) groups is 3. The molecule has 200 valence electrons.